The Bertz CT molecular complexity index is 1030. The molecule has 3 heterocycles. The van der Waals surface area contributed by atoms with Crippen LogP contribution < -0.4 is 5.46 Å². The van der Waals surface area contributed by atoms with Gasteiger partial charge >= 0.3 is 13.2 Å². The molecule has 0 radical (unpaired) electrons. The molecule has 1 amide bonds. The van der Waals surface area contributed by atoms with Crippen LogP contribution >= 0.6 is 0 Å². The molecular formula is C24H36BN3O5. The lowest BCUT2D eigenvalue weighted by Crippen LogP contribution is -2.41. The van der Waals surface area contributed by atoms with E-state index in [1.807, 2.05) is 32.9 Å². The Hall–Kier alpha value is -2.10. The Morgan fingerprint density at radius 2 is 1.91 bits per heavy atom. The van der Waals surface area contributed by atoms with Crippen molar-refractivity contribution in [3.63, 3.8) is 0 Å². The molecule has 1 atom stereocenters. The summed E-state index contributed by atoms with van der Waals surface area (Å²) in [5, 5.41) is 0. The van der Waals surface area contributed by atoms with Crippen LogP contribution in [0.2, 0.25) is 0 Å². The second kappa shape index (κ2) is 8.29. The Kier molecular flexibility index (Phi) is 6.04. The van der Waals surface area contributed by atoms with Crippen LogP contribution in [-0.4, -0.2) is 64.7 Å². The molecule has 4 rings (SSSR count). The maximum Gasteiger partial charge on any atom is 0.497 e. The SMILES string of the molecule is CN(CCC1COCc2nc3cccc(B4OC(C)(C)C(C)(C)O4)c3n21)C(=O)OC(C)(C)C. The third kappa shape index (κ3) is 4.63. The first-order valence-electron chi connectivity index (χ1n) is 11.7. The first kappa shape index (κ1) is 24.0. The third-order valence-electron chi connectivity index (χ3n) is 6.73. The fraction of sp³-hybridized carbons (Fsp3) is 0.667. The van der Waals surface area contributed by atoms with Crippen molar-refractivity contribution in [1.29, 1.82) is 0 Å². The number of fused-ring (bicyclic) bond motifs is 3. The molecular weight excluding hydrogens is 421 g/mol. The molecule has 2 aliphatic rings. The molecule has 8 nitrogen and oxygen atoms in total. The minimum atomic E-state index is -0.523. The van der Waals surface area contributed by atoms with E-state index in [2.05, 4.69) is 38.3 Å². The molecule has 0 N–H and O–H groups in total. The van der Waals surface area contributed by atoms with Crippen LogP contribution in [0.1, 0.15) is 66.8 Å². The van der Waals surface area contributed by atoms with Crippen LogP contribution in [-0.2, 0) is 25.4 Å². The number of ether oxygens (including phenoxy) is 2. The van der Waals surface area contributed by atoms with Crippen LogP contribution in [0.15, 0.2) is 18.2 Å². The minimum Gasteiger partial charge on any atom is -0.444 e. The van der Waals surface area contributed by atoms with E-state index >= 15 is 0 Å². The molecule has 0 bridgehead atoms. The number of aromatic nitrogens is 2. The summed E-state index contributed by atoms with van der Waals surface area (Å²) in [4.78, 5) is 18.9. The van der Waals surface area contributed by atoms with Crippen molar-refractivity contribution in [2.75, 3.05) is 20.2 Å². The maximum atomic E-state index is 12.4. The predicted molar refractivity (Wildman–Crippen MR) is 128 cm³/mol. The van der Waals surface area contributed by atoms with Gasteiger partial charge in [0.2, 0.25) is 0 Å². The summed E-state index contributed by atoms with van der Waals surface area (Å²) < 4.78 is 26.3. The van der Waals surface area contributed by atoms with Crippen molar-refractivity contribution in [3.8, 4) is 0 Å². The second-order valence-corrected chi connectivity index (χ2v) is 11.1. The molecule has 1 unspecified atom stereocenters. The highest BCUT2D eigenvalue weighted by molar-refractivity contribution is 6.65. The van der Waals surface area contributed by atoms with Gasteiger partial charge in [0.25, 0.3) is 0 Å². The standard InChI is InChI=1S/C24H36BN3O5/c1-22(2,3)31-21(29)27(8)13-12-16-14-30-15-19-26-18-11-9-10-17(20(18)28(16)19)25-32-23(4,5)24(6,7)33-25/h9-11,16H,12-15H2,1-8H3. The number of carbonyl (C=O) groups is 1. The number of nitrogens with zero attached hydrogens (tertiary/aromatic N) is 3. The van der Waals surface area contributed by atoms with Gasteiger partial charge in [-0.15, -0.1) is 0 Å². The van der Waals surface area contributed by atoms with Gasteiger partial charge < -0.3 is 28.2 Å². The lowest BCUT2D eigenvalue weighted by molar-refractivity contribution is 0.00578. The number of para-hydroxylation sites is 1. The normalized spacial score (nSPS) is 21.8. The van der Waals surface area contributed by atoms with Gasteiger partial charge in [0.1, 0.15) is 18.0 Å². The zero-order valence-electron chi connectivity index (χ0n) is 21.1. The van der Waals surface area contributed by atoms with Crippen LogP contribution in [0.3, 0.4) is 0 Å². The summed E-state index contributed by atoms with van der Waals surface area (Å²) in [6, 6.07) is 6.10. The second-order valence-electron chi connectivity index (χ2n) is 11.1. The number of rotatable bonds is 4. The lowest BCUT2D eigenvalue weighted by atomic mass is 9.78. The Morgan fingerprint density at radius 1 is 1.24 bits per heavy atom. The zero-order valence-corrected chi connectivity index (χ0v) is 21.1. The van der Waals surface area contributed by atoms with Crippen molar-refractivity contribution in [2.45, 2.75) is 84.3 Å². The van der Waals surface area contributed by atoms with Gasteiger partial charge in [-0.05, 0) is 61.0 Å². The van der Waals surface area contributed by atoms with E-state index in [0.717, 1.165) is 22.3 Å². The van der Waals surface area contributed by atoms with Crippen molar-refractivity contribution in [1.82, 2.24) is 14.5 Å². The number of hydrogen-bond donors (Lipinski definition) is 0. The molecule has 9 heteroatoms. The molecule has 1 aromatic carbocycles. The Labute approximate surface area is 196 Å². The number of benzene rings is 1. The first-order chi connectivity index (χ1) is 15.3. The smallest absolute Gasteiger partial charge is 0.444 e. The van der Waals surface area contributed by atoms with Gasteiger partial charge in [-0.2, -0.15) is 0 Å². The van der Waals surface area contributed by atoms with Gasteiger partial charge in [-0.25, -0.2) is 9.78 Å². The highest BCUT2D eigenvalue weighted by Crippen LogP contribution is 2.37. The average Bonchev–Trinajstić information content (AvgIpc) is 3.18. The van der Waals surface area contributed by atoms with E-state index in [9.17, 15) is 4.79 Å². The van der Waals surface area contributed by atoms with Crippen molar-refractivity contribution in [2.24, 2.45) is 0 Å². The highest BCUT2D eigenvalue weighted by atomic mass is 16.7. The van der Waals surface area contributed by atoms with E-state index in [1.54, 1.807) is 11.9 Å². The van der Waals surface area contributed by atoms with E-state index in [0.29, 0.717) is 26.2 Å². The largest absolute Gasteiger partial charge is 0.497 e. The van der Waals surface area contributed by atoms with E-state index in [4.69, 9.17) is 23.8 Å². The van der Waals surface area contributed by atoms with Crippen LogP contribution in [0.25, 0.3) is 11.0 Å². The van der Waals surface area contributed by atoms with Crippen LogP contribution in [0, 0.1) is 0 Å². The van der Waals surface area contributed by atoms with Gasteiger partial charge in [0.05, 0.1) is 34.9 Å². The third-order valence-corrected chi connectivity index (χ3v) is 6.73. The van der Waals surface area contributed by atoms with Crippen molar-refractivity contribution < 1.29 is 23.6 Å². The van der Waals surface area contributed by atoms with Gasteiger partial charge in [-0.3, -0.25) is 0 Å². The summed E-state index contributed by atoms with van der Waals surface area (Å²) in [6.07, 6.45) is 0.388. The van der Waals surface area contributed by atoms with E-state index < -0.39 is 23.9 Å². The molecule has 0 saturated carbocycles. The summed E-state index contributed by atoms with van der Waals surface area (Å²) in [6.45, 7) is 15.4. The monoisotopic (exact) mass is 457 g/mol. The number of amides is 1. The Morgan fingerprint density at radius 3 is 2.55 bits per heavy atom. The molecule has 1 saturated heterocycles. The summed E-state index contributed by atoms with van der Waals surface area (Å²) in [5.74, 6) is 0.880. The van der Waals surface area contributed by atoms with Gasteiger partial charge in [0.15, 0.2) is 0 Å². The van der Waals surface area contributed by atoms with Gasteiger partial charge in [0, 0.05) is 19.1 Å². The van der Waals surface area contributed by atoms with Crippen molar-refractivity contribution >= 4 is 29.7 Å². The predicted octanol–water partition coefficient (Wildman–Crippen LogP) is 3.66. The van der Waals surface area contributed by atoms with Crippen molar-refractivity contribution in [3.05, 3.63) is 24.0 Å². The molecule has 2 aromatic rings. The number of hydrogen-bond acceptors (Lipinski definition) is 6. The fourth-order valence-electron chi connectivity index (χ4n) is 4.23. The molecule has 2 aliphatic heterocycles. The molecule has 33 heavy (non-hydrogen) atoms. The minimum absolute atomic E-state index is 0.0345. The maximum absolute atomic E-state index is 12.4. The fourth-order valence-corrected chi connectivity index (χ4v) is 4.23. The summed E-state index contributed by atoms with van der Waals surface area (Å²) >= 11 is 0. The molecule has 1 fully saturated rings. The molecule has 0 spiro atoms. The summed E-state index contributed by atoms with van der Waals surface area (Å²) in [7, 11) is 1.29. The van der Waals surface area contributed by atoms with E-state index in [-0.39, 0.29) is 12.1 Å². The summed E-state index contributed by atoms with van der Waals surface area (Å²) in [5.41, 5.74) is 1.50. The molecule has 1 aromatic heterocycles. The van der Waals surface area contributed by atoms with Crippen LogP contribution in [0.4, 0.5) is 4.79 Å². The zero-order chi connectivity index (χ0) is 24.2. The average molecular weight is 457 g/mol. The Balaban J connectivity index is 1.62. The molecule has 180 valence electrons. The highest BCUT2D eigenvalue weighted by Gasteiger charge is 2.52. The molecule has 0 aliphatic carbocycles. The van der Waals surface area contributed by atoms with Crippen LogP contribution in [0.5, 0.6) is 0 Å². The topological polar surface area (TPSA) is 75.1 Å². The number of carbonyl (C=O) groups excluding carboxylic acids is 1. The number of imidazole rings is 1. The first-order valence-corrected chi connectivity index (χ1v) is 11.7. The van der Waals surface area contributed by atoms with E-state index in [1.165, 1.54) is 0 Å². The van der Waals surface area contributed by atoms with Gasteiger partial charge in [-0.1, -0.05) is 12.1 Å². The quantitative estimate of drug-likeness (QED) is 0.653. The lowest BCUT2D eigenvalue weighted by Gasteiger charge is -2.32.